The van der Waals surface area contributed by atoms with Crippen LogP contribution in [0.5, 0.6) is 0 Å². The second-order valence-corrected chi connectivity index (χ2v) is 5.44. The van der Waals surface area contributed by atoms with E-state index in [1.54, 1.807) is 0 Å². The van der Waals surface area contributed by atoms with Crippen molar-refractivity contribution in [1.29, 1.82) is 0 Å². The average molecular weight is 220 g/mol. The van der Waals surface area contributed by atoms with Crippen molar-refractivity contribution >= 4 is 11.6 Å². The SMILES string of the molecule is Cc1nc(N)c(C)c(N2CCC(C)(C)C2)n1. The first-order valence-corrected chi connectivity index (χ1v) is 5.75. The van der Waals surface area contributed by atoms with E-state index in [9.17, 15) is 0 Å². The summed E-state index contributed by atoms with van der Waals surface area (Å²) in [5.41, 5.74) is 7.26. The molecule has 0 atom stereocenters. The van der Waals surface area contributed by atoms with Gasteiger partial charge in [0.25, 0.3) is 0 Å². The molecule has 0 aromatic carbocycles. The van der Waals surface area contributed by atoms with Gasteiger partial charge in [0, 0.05) is 18.7 Å². The molecule has 0 amide bonds. The molecule has 2 N–H and O–H groups in total. The molecule has 16 heavy (non-hydrogen) atoms. The van der Waals surface area contributed by atoms with Crippen LogP contribution in [0.1, 0.15) is 31.7 Å². The maximum atomic E-state index is 5.88. The number of hydrogen-bond acceptors (Lipinski definition) is 4. The molecule has 4 nitrogen and oxygen atoms in total. The lowest BCUT2D eigenvalue weighted by Gasteiger charge is -2.22. The van der Waals surface area contributed by atoms with Gasteiger partial charge in [-0.2, -0.15) is 0 Å². The van der Waals surface area contributed by atoms with Crippen LogP contribution in [0.3, 0.4) is 0 Å². The van der Waals surface area contributed by atoms with E-state index in [1.165, 1.54) is 6.42 Å². The minimum absolute atomic E-state index is 0.375. The van der Waals surface area contributed by atoms with Gasteiger partial charge in [0.15, 0.2) is 0 Å². The molecule has 0 spiro atoms. The van der Waals surface area contributed by atoms with Crippen molar-refractivity contribution in [1.82, 2.24) is 9.97 Å². The first-order valence-electron chi connectivity index (χ1n) is 5.75. The molecule has 1 aliphatic heterocycles. The number of nitrogens with zero attached hydrogens (tertiary/aromatic N) is 3. The Morgan fingerprint density at radius 1 is 1.25 bits per heavy atom. The summed E-state index contributed by atoms with van der Waals surface area (Å²) in [6.45, 7) is 10.6. The highest BCUT2D eigenvalue weighted by Crippen LogP contribution is 2.33. The summed E-state index contributed by atoms with van der Waals surface area (Å²) in [4.78, 5) is 11.0. The number of aromatic nitrogens is 2. The Labute approximate surface area is 96.9 Å². The van der Waals surface area contributed by atoms with Gasteiger partial charge in [0.2, 0.25) is 0 Å². The van der Waals surface area contributed by atoms with E-state index in [2.05, 4.69) is 28.7 Å². The number of nitrogens with two attached hydrogens (primary N) is 1. The van der Waals surface area contributed by atoms with Crippen molar-refractivity contribution in [2.75, 3.05) is 23.7 Å². The van der Waals surface area contributed by atoms with Gasteiger partial charge < -0.3 is 10.6 Å². The van der Waals surface area contributed by atoms with E-state index in [0.29, 0.717) is 11.2 Å². The highest BCUT2D eigenvalue weighted by Gasteiger charge is 2.31. The molecule has 1 saturated heterocycles. The minimum atomic E-state index is 0.375. The Kier molecular flexibility index (Phi) is 2.52. The maximum Gasteiger partial charge on any atom is 0.137 e. The highest BCUT2D eigenvalue weighted by molar-refractivity contribution is 5.57. The Hall–Kier alpha value is -1.32. The summed E-state index contributed by atoms with van der Waals surface area (Å²) in [6.07, 6.45) is 1.20. The predicted octanol–water partition coefficient (Wildman–Crippen LogP) is 1.91. The van der Waals surface area contributed by atoms with Crippen LogP contribution in [0.4, 0.5) is 11.6 Å². The first kappa shape index (κ1) is 11.2. The summed E-state index contributed by atoms with van der Waals surface area (Å²) >= 11 is 0. The van der Waals surface area contributed by atoms with Crippen LogP contribution in [0.15, 0.2) is 0 Å². The van der Waals surface area contributed by atoms with E-state index in [-0.39, 0.29) is 0 Å². The van der Waals surface area contributed by atoms with E-state index in [1.807, 2.05) is 13.8 Å². The Balaban J connectivity index is 2.35. The van der Waals surface area contributed by atoms with Gasteiger partial charge in [-0.3, -0.25) is 0 Å². The quantitative estimate of drug-likeness (QED) is 0.785. The third-order valence-corrected chi connectivity index (χ3v) is 3.25. The summed E-state index contributed by atoms with van der Waals surface area (Å²) in [5.74, 6) is 2.37. The number of nitrogen functional groups attached to an aromatic ring is 1. The molecule has 4 heteroatoms. The van der Waals surface area contributed by atoms with Crippen molar-refractivity contribution in [3.05, 3.63) is 11.4 Å². The van der Waals surface area contributed by atoms with Gasteiger partial charge in [-0.15, -0.1) is 0 Å². The van der Waals surface area contributed by atoms with E-state index in [0.717, 1.165) is 30.3 Å². The largest absolute Gasteiger partial charge is 0.383 e. The zero-order valence-corrected chi connectivity index (χ0v) is 10.5. The van der Waals surface area contributed by atoms with Crippen LogP contribution in [0, 0.1) is 19.3 Å². The maximum absolute atomic E-state index is 5.88. The second-order valence-electron chi connectivity index (χ2n) is 5.44. The van der Waals surface area contributed by atoms with Gasteiger partial charge in [-0.1, -0.05) is 13.8 Å². The zero-order chi connectivity index (χ0) is 11.9. The summed E-state index contributed by atoms with van der Waals surface area (Å²) in [5, 5.41) is 0. The molecule has 2 rings (SSSR count). The highest BCUT2D eigenvalue weighted by atomic mass is 15.2. The van der Waals surface area contributed by atoms with Crippen molar-refractivity contribution in [3.8, 4) is 0 Å². The molecule has 0 radical (unpaired) electrons. The number of anilines is 2. The van der Waals surface area contributed by atoms with Crippen LogP contribution in [-0.4, -0.2) is 23.1 Å². The van der Waals surface area contributed by atoms with Crippen LogP contribution in [-0.2, 0) is 0 Å². The monoisotopic (exact) mass is 220 g/mol. The lowest BCUT2D eigenvalue weighted by Crippen LogP contribution is -2.25. The third-order valence-electron chi connectivity index (χ3n) is 3.25. The molecule has 0 bridgehead atoms. The molecule has 0 aliphatic carbocycles. The Morgan fingerprint density at radius 3 is 2.50 bits per heavy atom. The van der Waals surface area contributed by atoms with Crippen molar-refractivity contribution in [3.63, 3.8) is 0 Å². The molecule has 88 valence electrons. The molecule has 1 aliphatic rings. The van der Waals surface area contributed by atoms with Gasteiger partial charge in [-0.05, 0) is 25.7 Å². The zero-order valence-electron chi connectivity index (χ0n) is 10.5. The Morgan fingerprint density at radius 2 is 1.94 bits per heavy atom. The van der Waals surface area contributed by atoms with Gasteiger partial charge in [-0.25, -0.2) is 9.97 Å². The number of rotatable bonds is 1. The molecular formula is C12H20N4. The molecule has 2 heterocycles. The van der Waals surface area contributed by atoms with Crippen molar-refractivity contribution < 1.29 is 0 Å². The van der Waals surface area contributed by atoms with Crippen LogP contribution < -0.4 is 10.6 Å². The van der Waals surface area contributed by atoms with E-state index < -0.39 is 0 Å². The van der Waals surface area contributed by atoms with Crippen molar-refractivity contribution in [2.24, 2.45) is 5.41 Å². The molecule has 0 unspecified atom stereocenters. The van der Waals surface area contributed by atoms with Gasteiger partial charge in [0.05, 0.1) is 0 Å². The second kappa shape index (κ2) is 3.61. The average Bonchev–Trinajstić information content (AvgIpc) is 2.52. The molecule has 1 aromatic heterocycles. The molecule has 0 saturated carbocycles. The fourth-order valence-electron chi connectivity index (χ4n) is 2.24. The van der Waals surface area contributed by atoms with Crippen LogP contribution in [0.25, 0.3) is 0 Å². The van der Waals surface area contributed by atoms with Crippen molar-refractivity contribution in [2.45, 2.75) is 34.1 Å². The number of aryl methyl sites for hydroxylation is 1. The van der Waals surface area contributed by atoms with E-state index in [4.69, 9.17) is 5.73 Å². The van der Waals surface area contributed by atoms with Gasteiger partial charge in [0.1, 0.15) is 17.5 Å². The standard InChI is InChI=1S/C12H20N4/c1-8-10(13)14-9(2)15-11(8)16-6-5-12(3,4)7-16/h5-7H2,1-4H3,(H2,13,14,15). The fourth-order valence-corrected chi connectivity index (χ4v) is 2.24. The minimum Gasteiger partial charge on any atom is -0.383 e. The fraction of sp³-hybridized carbons (Fsp3) is 0.667. The number of hydrogen-bond donors (Lipinski definition) is 1. The topological polar surface area (TPSA) is 55.0 Å². The normalized spacial score (nSPS) is 19.1. The van der Waals surface area contributed by atoms with E-state index >= 15 is 0 Å². The summed E-state index contributed by atoms with van der Waals surface area (Å²) < 4.78 is 0. The molecule has 1 aromatic rings. The molecule has 1 fully saturated rings. The third kappa shape index (κ3) is 1.96. The lowest BCUT2D eigenvalue weighted by atomic mass is 9.93. The Bertz CT molecular complexity index is 412. The summed E-state index contributed by atoms with van der Waals surface area (Å²) in [7, 11) is 0. The molecular weight excluding hydrogens is 200 g/mol. The van der Waals surface area contributed by atoms with Crippen LogP contribution in [0.2, 0.25) is 0 Å². The lowest BCUT2D eigenvalue weighted by molar-refractivity contribution is 0.418. The van der Waals surface area contributed by atoms with Gasteiger partial charge >= 0.3 is 0 Å². The summed E-state index contributed by atoms with van der Waals surface area (Å²) in [6, 6.07) is 0. The first-order chi connectivity index (χ1) is 7.39. The smallest absolute Gasteiger partial charge is 0.137 e. The predicted molar refractivity (Wildman–Crippen MR) is 66.5 cm³/mol. The van der Waals surface area contributed by atoms with Crippen LogP contribution >= 0.6 is 0 Å².